The van der Waals surface area contributed by atoms with E-state index >= 15 is 0 Å². The highest BCUT2D eigenvalue weighted by molar-refractivity contribution is 4.93. The summed E-state index contributed by atoms with van der Waals surface area (Å²) in [5, 5.41) is 3.35. The van der Waals surface area contributed by atoms with E-state index in [1.807, 2.05) is 12.3 Å². The summed E-state index contributed by atoms with van der Waals surface area (Å²) >= 11 is 0. The molecule has 1 atom stereocenters. The third-order valence-corrected chi connectivity index (χ3v) is 2.36. The zero-order valence-electron chi connectivity index (χ0n) is 8.86. The molecular weight excluding hydrogens is 176 g/mol. The van der Waals surface area contributed by atoms with Crippen LogP contribution in [0.3, 0.4) is 0 Å². The van der Waals surface area contributed by atoms with Crippen molar-refractivity contribution in [1.82, 2.24) is 9.88 Å². The second-order valence-corrected chi connectivity index (χ2v) is 3.50. The van der Waals surface area contributed by atoms with Gasteiger partial charge in [-0.25, -0.2) is 0 Å². The molecule has 0 aliphatic carbocycles. The molecule has 0 fully saturated rings. The van der Waals surface area contributed by atoms with Gasteiger partial charge in [-0.2, -0.15) is 0 Å². The van der Waals surface area contributed by atoms with Crippen molar-refractivity contribution in [3.05, 3.63) is 34.7 Å². The van der Waals surface area contributed by atoms with E-state index in [9.17, 15) is 4.79 Å². The smallest absolute Gasteiger partial charge is 0.250 e. The summed E-state index contributed by atoms with van der Waals surface area (Å²) in [6.45, 7) is 5.88. The van der Waals surface area contributed by atoms with Crippen molar-refractivity contribution in [3.63, 3.8) is 0 Å². The highest BCUT2D eigenvalue weighted by atomic mass is 16.1. The first kappa shape index (κ1) is 11.0. The van der Waals surface area contributed by atoms with Crippen LogP contribution in [0.5, 0.6) is 0 Å². The number of hydrogen-bond donors (Lipinski definition) is 1. The van der Waals surface area contributed by atoms with E-state index in [1.165, 1.54) is 0 Å². The number of nitrogens with zero attached hydrogens (tertiary/aromatic N) is 1. The average Bonchev–Trinajstić information content (AvgIpc) is 2.20. The molecule has 0 aliphatic rings. The molecule has 0 aliphatic heterocycles. The summed E-state index contributed by atoms with van der Waals surface area (Å²) in [7, 11) is 0. The van der Waals surface area contributed by atoms with E-state index in [1.54, 1.807) is 16.7 Å². The van der Waals surface area contributed by atoms with Gasteiger partial charge in [-0.05, 0) is 19.4 Å². The van der Waals surface area contributed by atoms with Gasteiger partial charge in [0.05, 0.1) is 0 Å². The number of pyridine rings is 1. The Morgan fingerprint density at radius 1 is 1.50 bits per heavy atom. The number of hydrogen-bond acceptors (Lipinski definition) is 2. The van der Waals surface area contributed by atoms with Gasteiger partial charge in [-0.15, -0.1) is 0 Å². The third kappa shape index (κ3) is 3.34. The fourth-order valence-corrected chi connectivity index (χ4v) is 1.22. The molecule has 1 aromatic rings. The van der Waals surface area contributed by atoms with Crippen LogP contribution < -0.4 is 10.9 Å². The van der Waals surface area contributed by atoms with Crippen LogP contribution >= 0.6 is 0 Å². The minimum atomic E-state index is 0.0680. The first-order valence-electron chi connectivity index (χ1n) is 5.13. The van der Waals surface area contributed by atoms with Crippen LogP contribution in [0.1, 0.15) is 20.3 Å². The highest BCUT2D eigenvalue weighted by Gasteiger charge is 1.97. The van der Waals surface area contributed by atoms with E-state index in [0.29, 0.717) is 6.04 Å². The Bertz CT molecular complexity index is 319. The van der Waals surface area contributed by atoms with Crippen molar-refractivity contribution >= 4 is 0 Å². The summed E-state index contributed by atoms with van der Waals surface area (Å²) in [4.78, 5) is 11.3. The Morgan fingerprint density at radius 3 is 2.93 bits per heavy atom. The molecule has 1 rings (SSSR count). The molecule has 0 radical (unpaired) electrons. The Kier molecular flexibility index (Phi) is 4.40. The van der Waals surface area contributed by atoms with Gasteiger partial charge in [0, 0.05) is 31.4 Å². The molecule has 1 heterocycles. The van der Waals surface area contributed by atoms with Crippen molar-refractivity contribution in [1.29, 1.82) is 0 Å². The maximum atomic E-state index is 11.3. The van der Waals surface area contributed by atoms with Crippen LogP contribution in [0.2, 0.25) is 0 Å². The minimum absolute atomic E-state index is 0.0680. The maximum absolute atomic E-state index is 11.3. The molecule has 0 aromatic carbocycles. The molecule has 1 aromatic heterocycles. The van der Waals surface area contributed by atoms with Crippen LogP contribution in [0.4, 0.5) is 0 Å². The van der Waals surface area contributed by atoms with Crippen LogP contribution in [0.15, 0.2) is 29.2 Å². The van der Waals surface area contributed by atoms with Gasteiger partial charge in [-0.3, -0.25) is 4.79 Å². The molecule has 0 saturated carbocycles. The van der Waals surface area contributed by atoms with E-state index < -0.39 is 0 Å². The molecule has 14 heavy (non-hydrogen) atoms. The molecular formula is C11H18N2O. The van der Waals surface area contributed by atoms with Crippen molar-refractivity contribution < 1.29 is 0 Å². The molecule has 0 bridgehead atoms. The SMILES string of the molecule is CCC(C)NCCn1ccccc1=O. The van der Waals surface area contributed by atoms with E-state index in [-0.39, 0.29) is 5.56 Å². The molecule has 1 N–H and O–H groups in total. The van der Waals surface area contributed by atoms with Gasteiger partial charge in [-0.1, -0.05) is 13.0 Å². The standard InChI is InChI=1S/C11H18N2O/c1-3-10(2)12-7-9-13-8-5-4-6-11(13)14/h4-6,8,10,12H,3,7,9H2,1-2H3. The Morgan fingerprint density at radius 2 is 2.29 bits per heavy atom. The lowest BCUT2D eigenvalue weighted by molar-refractivity contribution is 0.500. The highest BCUT2D eigenvalue weighted by Crippen LogP contribution is 1.87. The minimum Gasteiger partial charge on any atom is -0.314 e. The second kappa shape index (κ2) is 5.60. The van der Waals surface area contributed by atoms with E-state index in [0.717, 1.165) is 19.5 Å². The molecule has 78 valence electrons. The number of nitrogens with one attached hydrogen (secondary N) is 1. The predicted octanol–water partition coefficient (Wildman–Crippen LogP) is 1.24. The van der Waals surface area contributed by atoms with Crippen molar-refractivity contribution in [2.24, 2.45) is 0 Å². The van der Waals surface area contributed by atoms with Crippen LogP contribution in [-0.2, 0) is 6.54 Å². The van der Waals surface area contributed by atoms with Crippen molar-refractivity contribution in [3.8, 4) is 0 Å². The Labute approximate surface area is 84.8 Å². The second-order valence-electron chi connectivity index (χ2n) is 3.50. The van der Waals surface area contributed by atoms with Crippen LogP contribution in [-0.4, -0.2) is 17.2 Å². The van der Waals surface area contributed by atoms with E-state index in [4.69, 9.17) is 0 Å². The van der Waals surface area contributed by atoms with Gasteiger partial charge in [0.1, 0.15) is 0 Å². The van der Waals surface area contributed by atoms with Crippen LogP contribution in [0.25, 0.3) is 0 Å². The zero-order chi connectivity index (χ0) is 10.4. The fourth-order valence-electron chi connectivity index (χ4n) is 1.22. The first-order chi connectivity index (χ1) is 6.74. The Hall–Kier alpha value is -1.09. The topological polar surface area (TPSA) is 34.0 Å². The monoisotopic (exact) mass is 194 g/mol. The lowest BCUT2D eigenvalue weighted by atomic mass is 10.2. The summed E-state index contributed by atoms with van der Waals surface area (Å²) in [6, 6.07) is 5.75. The summed E-state index contributed by atoms with van der Waals surface area (Å²) in [5.74, 6) is 0. The fraction of sp³-hybridized carbons (Fsp3) is 0.545. The van der Waals surface area contributed by atoms with Gasteiger partial charge in [0.15, 0.2) is 0 Å². The van der Waals surface area contributed by atoms with Gasteiger partial charge in [0.25, 0.3) is 5.56 Å². The Balaban J connectivity index is 2.39. The first-order valence-corrected chi connectivity index (χ1v) is 5.13. The quantitative estimate of drug-likeness (QED) is 0.765. The largest absolute Gasteiger partial charge is 0.314 e. The molecule has 1 unspecified atom stereocenters. The van der Waals surface area contributed by atoms with Gasteiger partial charge < -0.3 is 9.88 Å². The van der Waals surface area contributed by atoms with Crippen LogP contribution in [0, 0.1) is 0 Å². The van der Waals surface area contributed by atoms with Gasteiger partial charge >= 0.3 is 0 Å². The number of rotatable bonds is 5. The van der Waals surface area contributed by atoms with Crippen molar-refractivity contribution in [2.75, 3.05) is 6.54 Å². The van der Waals surface area contributed by atoms with Gasteiger partial charge in [0.2, 0.25) is 0 Å². The maximum Gasteiger partial charge on any atom is 0.250 e. The molecule has 3 nitrogen and oxygen atoms in total. The summed E-state index contributed by atoms with van der Waals surface area (Å²) < 4.78 is 1.72. The average molecular weight is 194 g/mol. The molecule has 0 saturated heterocycles. The van der Waals surface area contributed by atoms with E-state index in [2.05, 4.69) is 19.2 Å². The normalized spacial score (nSPS) is 12.7. The molecule has 0 spiro atoms. The molecule has 0 amide bonds. The lowest BCUT2D eigenvalue weighted by Crippen LogP contribution is -2.31. The summed E-state index contributed by atoms with van der Waals surface area (Å²) in [5.41, 5.74) is 0.0680. The third-order valence-electron chi connectivity index (χ3n) is 2.36. The summed E-state index contributed by atoms with van der Waals surface area (Å²) in [6.07, 6.45) is 2.93. The molecule has 3 heteroatoms. The number of aromatic nitrogens is 1. The zero-order valence-corrected chi connectivity index (χ0v) is 8.86. The lowest BCUT2D eigenvalue weighted by Gasteiger charge is -2.11. The predicted molar refractivity (Wildman–Crippen MR) is 58.5 cm³/mol. The van der Waals surface area contributed by atoms with Crippen molar-refractivity contribution in [2.45, 2.75) is 32.9 Å².